The minimum absolute atomic E-state index is 0.155. The van der Waals surface area contributed by atoms with Gasteiger partial charge in [0, 0.05) is 18.6 Å². The van der Waals surface area contributed by atoms with E-state index in [1.807, 2.05) is 0 Å². The highest BCUT2D eigenvalue weighted by atomic mass is 35.5. The highest BCUT2D eigenvalue weighted by Gasteiger charge is 2.19. The second-order valence-electron chi connectivity index (χ2n) is 4.30. The van der Waals surface area contributed by atoms with E-state index in [0.29, 0.717) is 10.8 Å². The molecule has 1 atom stereocenters. The van der Waals surface area contributed by atoms with E-state index in [1.165, 1.54) is 12.0 Å². The number of nitrogens with zero attached hydrogens (tertiary/aromatic N) is 1. The molecule has 0 aliphatic rings. The standard InChI is InChI=1S/C14H18ClNO4/c1-10(20-12-6-4-5-11(15)9-12)14(18)16(2)8-7-13(17)19-3/h4-6,9-10H,7-8H2,1-3H3. The van der Waals surface area contributed by atoms with Crippen molar-refractivity contribution in [2.75, 3.05) is 20.7 Å². The summed E-state index contributed by atoms with van der Waals surface area (Å²) in [5.41, 5.74) is 0. The normalized spacial score (nSPS) is 11.6. The summed E-state index contributed by atoms with van der Waals surface area (Å²) in [6, 6.07) is 6.84. The molecule has 0 aromatic heterocycles. The molecule has 0 heterocycles. The van der Waals surface area contributed by atoms with E-state index < -0.39 is 6.10 Å². The molecular weight excluding hydrogens is 282 g/mol. The maximum atomic E-state index is 12.0. The fourth-order valence-electron chi connectivity index (χ4n) is 1.58. The van der Waals surface area contributed by atoms with Crippen LogP contribution in [0.15, 0.2) is 24.3 Å². The molecule has 1 amide bonds. The lowest BCUT2D eigenvalue weighted by Crippen LogP contribution is -2.39. The van der Waals surface area contributed by atoms with Crippen LogP contribution >= 0.6 is 11.6 Å². The van der Waals surface area contributed by atoms with Crippen molar-refractivity contribution in [3.8, 4) is 5.75 Å². The van der Waals surface area contributed by atoms with Crippen LogP contribution in [0.1, 0.15) is 13.3 Å². The van der Waals surface area contributed by atoms with Crippen LogP contribution in [0, 0.1) is 0 Å². The van der Waals surface area contributed by atoms with Crippen molar-refractivity contribution in [1.82, 2.24) is 4.90 Å². The summed E-state index contributed by atoms with van der Waals surface area (Å²) in [6.07, 6.45) is -0.501. The third-order valence-electron chi connectivity index (χ3n) is 2.71. The van der Waals surface area contributed by atoms with Gasteiger partial charge in [0.15, 0.2) is 6.10 Å². The predicted octanol–water partition coefficient (Wildman–Crippen LogP) is 2.13. The lowest BCUT2D eigenvalue weighted by atomic mass is 10.3. The molecule has 0 N–H and O–H groups in total. The van der Waals surface area contributed by atoms with Crippen molar-refractivity contribution in [3.05, 3.63) is 29.3 Å². The Morgan fingerprint density at radius 2 is 2.10 bits per heavy atom. The number of esters is 1. The van der Waals surface area contributed by atoms with Crippen LogP contribution < -0.4 is 4.74 Å². The zero-order valence-electron chi connectivity index (χ0n) is 11.8. The van der Waals surface area contributed by atoms with Gasteiger partial charge in [0.05, 0.1) is 13.5 Å². The molecule has 0 aliphatic heterocycles. The Morgan fingerprint density at radius 1 is 1.40 bits per heavy atom. The monoisotopic (exact) mass is 299 g/mol. The quantitative estimate of drug-likeness (QED) is 0.755. The minimum Gasteiger partial charge on any atom is -0.481 e. The zero-order valence-corrected chi connectivity index (χ0v) is 12.5. The van der Waals surface area contributed by atoms with E-state index in [1.54, 1.807) is 38.2 Å². The van der Waals surface area contributed by atoms with Gasteiger partial charge in [-0.1, -0.05) is 17.7 Å². The molecule has 1 aromatic rings. The van der Waals surface area contributed by atoms with Gasteiger partial charge in [-0.15, -0.1) is 0 Å². The topological polar surface area (TPSA) is 55.8 Å². The van der Waals surface area contributed by atoms with Crippen molar-refractivity contribution in [3.63, 3.8) is 0 Å². The van der Waals surface area contributed by atoms with Gasteiger partial charge in [-0.05, 0) is 25.1 Å². The van der Waals surface area contributed by atoms with Crippen LogP contribution in [0.5, 0.6) is 5.75 Å². The molecule has 6 heteroatoms. The molecule has 0 fully saturated rings. The van der Waals surface area contributed by atoms with Gasteiger partial charge in [-0.25, -0.2) is 0 Å². The zero-order chi connectivity index (χ0) is 15.1. The molecule has 1 rings (SSSR count). The van der Waals surface area contributed by atoms with Crippen LogP contribution in [-0.2, 0) is 14.3 Å². The van der Waals surface area contributed by atoms with Crippen molar-refractivity contribution >= 4 is 23.5 Å². The van der Waals surface area contributed by atoms with Gasteiger partial charge >= 0.3 is 5.97 Å². The molecule has 20 heavy (non-hydrogen) atoms. The van der Waals surface area contributed by atoms with Crippen LogP contribution in [0.2, 0.25) is 5.02 Å². The Kier molecular flexibility index (Phi) is 6.31. The fourth-order valence-corrected chi connectivity index (χ4v) is 1.76. The predicted molar refractivity (Wildman–Crippen MR) is 75.8 cm³/mol. The van der Waals surface area contributed by atoms with Gasteiger partial charge in [0.1, 0.15) is 5.75 Å². The third kappa shape index (κ3) is 5.09. The van der Waals surface area contributed by atoms with Gasteiger partial charge in [-0.3, -0.25) is 9.59 Å². The molecule has 0 spiro atoms. The number of rotatable bonds is 6. The summed E-state index contributed by atoms with van der Waals surface area (Å²) in [5, 5.41) is 0.543. The van der Waals surface area contributed by atoms with E-state index in [2.05, 4.69) is 4.74 Å². The number of halogens is 1. The largest absolute Gasteiger partial charge is 0.481 e. The Labute approximate surface area is 123 Å². The molecule has 1 aromatic carbocycles. The lowest BCUT2D eigenvalue weighted by molar-refractivity contribution is -0.142. The molecule has 0 bridgehead atoms. The number of carbonyl (C=O) groups excluding carboxylic acids is 2. The molecule has 0 saturated heterocycles. The average Bonchev–Trinajstić information content (AvgIpc) is 2.43. The fraction of sp³-hybridized carbons (Fsp3) is 0.429. The van der Waals surface area contributed by atoms with Gasteiger partial charge in [0.2, 0.25) is 0 Å². The number of hydrogen-bond acceptors (Lipinski definition) is 4. The molecule has 110 valence electrons. The Morgan fingerprint density at radius 3 is 2.70 bits per heavy atom. The number of ether oxygens (including phenoxy) is 2. The third-order valence-corrected chi connectivity index (χ3v) is 2.95. The first-order valence-electron chi connectivity index (χ1n) is 6.18. The molecule has 0 saturated carbocycles. The Hall–Kier alpha value is -1.75. The number of methoxy groups -OCH3 is 1. The molecule has 5 nitrogen and oxygen atoms in total. The maximum Gasteiger partial charge on any atom is 0.307 e. The van der Waals surface area contributed by atoms with E-state index in [-0.39, 0.29) is 24.8 Å². The van der Waals surface area contributed by atoms with Crippen molar-refractivity contribution in [2.45, 2.75) is 19.4 Å². The minimum atomic E-state index is -0.656. The van der Waals surface area contributed by atoms with E-state index in [0.717, 1.165) is 0 Å². The Bertz CT molecular complexity index is 478. The van der Waals surface area contributed by atoms with Crippen molar-refractivity contribution in [2.24, 2.45) is 0 Å². The summed E-state index contributed by atoms with van der Waals surface area (Å²) in [4.78, 5) is 24.5. The number of benzene rings is 1. The van der Waals surface area contributed by atoms with Crippen molar-refractivity contribution < 1.29 is 19.1 Å². The van der Waals surface area contributed by atoms with Crippen LogP contribution in [0.25, 0.3) is 0 Å². The molecular formula is C14H18ClNO4. The summed E-state index contributed by atoms with van der Waals surface area (Å²) in [5.74, 6) is -0.0401. The number of hydrogen-bond donors (Lipinski definition) is 0. The highest BCUT2D eigenvalue weighted by Crippen LogP contribution is 2.18. The van der Waals surface area contributed by atoms with E-state index in [9.17, 15) is 9.59 Å². The summed E-state index contributed by atoms with van der Waals surface area (Å²) >= 11 is 5.84. The molecule has 0 aliphatic carbocycles. The first kappa shape index (κ1) is 16.3. The smallest absolute Gasteiger partial charge is 0.307 e. The molecule has 0 radical (unpaired) electrons. The maximum absolute atomic E-state index is 12.0. The molecule has 1 unspecified atom stereocenters. The second-order valence-corrected chi connectivity index (χ2v) is 4.74. The van der Waals surface area contributed by atoms with Crippen LogP contribution in [-0.4, -0.2) is 43.6 Å². The van der Waals surface area contributed by atoms with Gasteiger partial charge in [-0.2, -0.15) is 0 Å². The summed E-state index contributed by atoms with van der Waals surface area (Å²) < 4.78 is 10.0. The van der Waals surface area contributed by atoms with Gasteiger partial charge < -0.3 is 14.4 Å². The SMILES string of the molecule is COC(=O)CCN(C)C(=O)C(C)Oc1cccc(Cl)c1. The van der Waals surface area contributed by atoms with E-state index >= 15 is 0 Å². The first-order valence-corrected chi connectivity index (χ1v) is 6.56. The van der Waals surface area contributed by atoms with Crippen LogP contribution in [0.3, 0.4) is 0 Å². The lowest BCUT2D eigenvalue weighted by Gasteiger charge is -2.21. The second kappa shape index (κ2) is 7.75. The van der Waals surface area contributed by atoms with Gasteiger partial charge in [0.25, 0.3) is 5.91 Å². The van der Waals surface area contributed by atoms with Crippen molar-refractivity contribution in [1.29, 1.82) is 0 Å². The summed E-state index contributed by atoms with van der Waals surface area (Å²) in [7, 11) is 2.93. The summed E-state index contributed by atoms with van der Waals surface area (Å²) in [6.45, 7) is 1.94. The number of likely N-dealkylation sites (N-methyl/N-ethyl adjacent to an activating group) is 1. The average molecular weight is 300 g/mol. The highest BCUT2D eigenvalue weighted by molar-refractivity contribution is 6.30. The van der Waals surface area contributed by atoms with E-state index in [4.69, 9.17) is 16.3 Å². The van der Waals surface area contributed by atoms with Crippen LogP contribution in [0.4, 0.5) is 0 Å². The number of amides is 1. The first-order chi connectivity index (χ1) is 9.43. The number of carbonyl (C=O) groups is 2. The Balaban J connectivity index is 2.51.